The van der Waals surface area contributed by atoms with Crippen molar-refractivity contribution in [2.75, 3.05) is 7.05 Å². The fraction of sp³-hybridized carbons (Fsp3) is 0.250. The Morgan fingerprint density at radius 1 is 1.10 bits per heavy atom. The fourth-order valence-electron chi connectivity index (χ4n) is 3.02. The van der Waals surface area contributed by atoms with E-state index < -0.39 is 17.6 Å². The van der Waals surface area contributed by atoms with Gasteiger partial charge < -0.3 is 9.64 Å². The Hall–Kier alpha value is -3.56. The molecule has 0 spiro atoms. The third-order valence-corrected chi connectivity index (χ3v) is 4.46. The third-order valence-electron chi connectivity index (χ3n) is 4.46. The molecule has 0 aliphatic heterocycles. The van der Waals surface area contributed by atoms with E-state index in [4.69, 9.17) is 0 Å². The van der Waals surface area contributed by atoms with Crippen LogP contribution in [0.3, 0.4) is 0 Å². The van der Waals surface area contributed by atoms with Gasteiger partial charge in [0.1, 0.15) is 5.75 Å². The highest BCUT2D eigenvalue weighted by atomic mass is 19.4. The molecule has 0 bridgehead atoms. The van der Waals surface area contributed by atoms with Crippen LogP contribution in [0.2, 0.25) is 0 Å². The minimum Gasteiger partial charge on any atom is -0.406 e. The minimum atomic E-state index is -4.77. The van der Waals surface area contributed by atoms with Gasteiger partial charge in [-0.15, -0.1) is 13.2 Å². The normalized spacial score (nSPS) is 11.5. The van der Waals surface area contributed by atoms with Crippen LogP contribution in [-0.4, -0.2) is 33.8 Å². The van der Waals surface area contributed by atoms with Crippen molar-refractivity contribution in [2.45, 2.75) is 25.9 Å². The molecule has 0 fully saturated rings. The van der Waals surface area contributed by atoms with E-state index in [0.717, 1.165) is 0 Å². The molecule has 1 heterocycles. The number of para-hydroxylation sites is 1. The Labute approximate surface area is 168 Å². The number of aromatic nitrogens is 2. The predicted octanol–water partition coefficient (Wildman–Crippen LogP) is 2.64. The zero-order valence-electron chi connectivity index (χ0n) is 15.9. The Morgan fingerprint density at radius 2 is 1.77 bits per heavy atom. The largest absolute Gasteiger partial charge is 0.573 e. The summed E-state index contributed by atoms with van der Waals surface area (Å²) >= 11 is 0. The van der Waals surface area contributed by atoms with Crippen LogP contribution in [-0.2, 0) is 17.9 Å². The third kappa shape index (κ3) is 5.07. The smallest absolute Gasteiger partial charge is 0.406 e. The summed E-state index contributed by atoms with van der Waals surface area (Å²) in [6, 6.07) is 11.8. The number of ether oxygens (including phenoxy) is 1. The second-order valence-electron chi connectivity index (χ2n) is 6.62. The van der Waals surface area contributed by atoms with E-state index >= 15 is 0 Å². The zero-order valence-corrected chi connectivity index (χ0v) is 15.9. The number of H-pyrrole nitrogens is 1. The van der Waals surface area contributed by atoms with Gasteiger partial charge in [0.2, 0.25) is 5.91 Å². The SMILES string of the molecule is CN(Cc1ccc(OC(F)(F)F)cc1)C(=O)CCn1c(=O)[nH]c(=O)c2ccccc21. The number of amides is 1. The van der Waals surface area contributed by atoms with Crippen LogP contribution in [0.1, 0.15) is 12.0 Å². The first-order valence-electron chi connectivity index (χ1n) is 8.94. The van der Waals surface area contributed by atoms with E-state index in [1.54, 1.807) is 31.3 Å². The van der Waals surface area contributed by atoms with E-state index in [0.29, 0.717) is 16.5 Å². The Kier molecular flexibility index (Phi) is 5.95. The standard InChI is InChI=1S/C20H18F3N3O4/c1-25(12-13-6-8-14(9-7-13)30-20(21,22)23)17(27)10-11-26-16-5-3-2-4-15(16)18(28)24-19(26)29/h2-9H,10-12H2,1H3,(H,24,28,29). The molecule has 30 heavy (non-hydrogen) atoms. The van der Waals surface area contributed by atoms with E-state index in [2.05, 4.69) is 9.72 Å². The first kappa shape index (κ1) is 21.2. The summed E-state index contributed by atoms with van der Waals surface area (Å²) in [6.07, 6.45) is -4.76. The summed E-state index contributed by atoms with van der Waals surface area (Å²) in [6.45, 7) is 0.240. The minimum absolute atomic E-state index is 0.00170. The molecule has 158 valence electrons. The van der Waals surface area contributed by atoms with Crippen LogP contribution in [0.15, 0.2) is 58.1 Å². The van der Waals surface area contributed by atoms with Crippen molar-refractivity contribution in [3.63, 3.8) is 0 Å². The highest BCUT2D eigenvalue weighted by Gasteiger charge is 2.30. The van der Waals surface area contributed by atoms with Crippen LogP contribution in [0, 0.1) is 0 Å². The van der Waals surface area contributed by atoms with Crippen molar-refractivity contribution in [1.82, 2.24) is 14.5 Å². The van der Waals surface area contributed by atoms with Crippen molar-refractivity contribution in [3.8, 4) is 5.75 Å². The summed E-state index contributed by atoms with van der Waals surface area (Å²) in [5.41, 5.74) is -0.0448. The molecule has 0 aliphatic rings. The summed E-state index contributed by atoms with van der Waals surface area (Å²) < 4.78 is 41.8. The molecule has 0 saturated carbocycles. The first-order valence-corrected chi connectivity index (χ1v) is 8.94. The van der Waals surface area contributed by atoms with Crippen molar-refractivity contribution in [1.29, 1.82) is 0 Å². The molecular weight excluding hydrogens is 403 g/mol. The van der Waals surface area contributed by atoms with Crippen LogP contribution >= 0.6 is 0 Å². The second kappa shape index (κ2) is 8.44. The van der Waals surface area contributed by atoms with Crippen LogP contribution < -0.4 is 16.0 Å². The molecule has 0 atom stereocenters. The van der Waals surface area contributed by atoms with E-state index in [-0.39, 0.29) is 31.2 Å². The van der Waals surface area contributed by atoms with Gasteiger partial charge >= 0.3 is 12.1 Å². The molecular formula is C20H18F3N3O4. The molecule has 0 radical (unpaired) electrons. The number of aromatic amines is 1. The fourth-order valence-corrected chi connectivity index (χ4v) is 3.02. The number of hydrogen-bond acceptors (Lipinski definition) is 4. The van der Waals surface area contributed by atoms with E-state index in [9.17, 15) is 27.6 Å². The lowest BCUT2D eigenvalue weighted by Crippen LogP contribution is -2.33. The number of alkyl halides is 3. The van der Waals surface area contributed by atoms with Gasteiger partial charge in [-0.3, -0.25) is 19.1 Å². The maximum absolute atomic E-state index is 12.5. The molecule has 1 N–H and O–H groups in total. The van der Waals surface area contributed by atoms with E-state index in [1.165, 1.54) is 33.7 Å². The molecule has 2 aromatic carbocycles. The van der Waals surface area contributed by atoms with Crippen molar-refractivity contribution < 1.29 is 22.7 Å². The maximum atomic E-state index is 12.5. The number of halogens is 3. The molecule has 10 heteroatoms. The molecule has 3 rings (SSSR count). The average Bonchev–Trinajstić information content (AvgIpc) is 2.68. The lowest BCUT2D eigenvalue weighted by atomic mass is 10.2. The predicted molar refractivity (Wildman–Crippen MR) is 103 cm³/mol. The van der Waals surface area contributed by atoms with Crippen LogP contribution in [0.25, 0.3) is 10.9 Å². The number of hydrogen-bond donors (Lipinski definition) is 1. The molecule has 1 aromatic heterocycles. The summed E-state index contributed by atoms with van der Waals surface area (Å²) in [5, 5.41) is 0.346. The maximum Gasteiger partial charge on any atom is 0.573 e. The van der Waals surface area contributed by atoms with Gasteiger partial charge in [-0.25, -0.2) is 4.79 Å². The molecule has 0 unspecified atom stereocenters. The highest BCUT2D eigenvalue weighted by Crippen LogP contribution is 2.23. The Bertz CT molecular complexity index is 1170. The van der Waals surface area contributed by atoms with Gasteiger partial charge in [-0.05, 0) is 29.8 Å². The number of carbonyl (C=O) groups is 1. The topological polar surface area (TPSA) is 84.4 Å². The van der Waals surface area contributed by atoms with Crippen molar-refractivity contribution in [2.24, 2.45) is 0 Å². The number of aryl methyl sites for hydroxylation is 1. The number of benzene rings is 2. The second-order valence-corrected chi connectivity index (χ2v) is 6.62. The molecule has 7 nitrogen and oxygen atoms in total. The number of nitrogens with one attached hydrogen (secondary N) is 1. The van der Waals surface area contributed by atoms with Gasteiger partial charge in [0, 0.05) is 26.6 Å². The lowest BCUT2D eigenvalue weighted by Gasteiger charge is -2.18. The number of fused-ring (bicyclic) bond motifs is 1. The van der Waals surface area contributed by atoms with Crippen molar-refractivity contribution in [3.05, 3.63) is 74.9 Å². The quantitative estimate of drug-likeness (QED) is 0.663. The summed E-state index contributed by atoms with van der Waals surface area (Å²) in [5.74, 6) is -0.614. The Balaban J connectivity index is 1.65. The lowest BCUT2D eigenvalue weighted by molar-refractivity contribution is -0.274. The van der Waals surface area contributed by atoms with Crippen molar-refractivity contribution >= 4 is 16.8 Å². The molecule has 3 aromatic rings. The van der Waals surface area contributed by atoms with E-state index in [1.807, 2.05) is 0 Å². The van der Waals surface area contributed by atoms with Gasteiger partial charge in [0.15, 0.2) is 0 Å². The van der Waals surface area contributed by atoms with Gasteiger partial charge in [0.25, 0.3) is 5.56 Å². The number of nitrogens with zero attached hydrogens (tertiary/aromatic N) is 2. The first-order chi connectivity index (χ1) is 14.1. The highest BCUT2D eigenvalue weighted by molar-refractivity contribution is 5.78. The molecule has 1 amide bonds. The number of rotatable bonds is 6. The zero-order chi connectivity index (χ0) is 21.9. The number of carbonyl (C=O) groups excluding carboxylic acids is 1. The summed E-state index contributed by atoms with van der Waals surface area (Å²) in [4.78, 5) is 40.1. The van der Waals surface area contributed by atoms with Crippen LogP contribution in [0.4, 0.5) is 13.2 Å². The Morgan fingerprint density at radius 3 is 2.43 bits per heavy atom. The molecule has 0 saturated heterocycles. The van der Waals surface area contributed by atoms with Gasteiger partial charge in [0.05, 0.1) is 10.9 Å². The average molecular weight is 421 g/mol. The van der Waals surface area contributed by atoms with Gasteiger partial charge in [-0.1, -0.05) is 24.3 Å². The monoisotopic (exact) mass is 421 g/mol. The summed E-state index contributed by atoms with van der Waals surface area (Å²) in [7, 11) is 1.55. The van der Waals surface area contributed by atoms with Crippen LogP contribution in [0.5, 0.6) is 5.75 Å². The van der Waals surface area contributed by atoms with Gasteiger partial charge in [-0.2, -0.15) is 0 Å². The molecule has 0 aliphatic carbocycles.